The molecule has 1 aromatic heterocycles. The number of methoxy groups -OCH3 is 1. The van der Waals surface area contributed by atoms with Gasteiger partial charge in [-0.05, 0) is 54.5 Å². The molecule has 0 saturated carbocycles. The Morgan fingerprint density at radius 2 is 2.04 bits per heavy atom. The van der Waals surface area contributed by atoms with Crippen LogP contribution in [0.2, 0.25) is 0 Å². The highest BCUT2D eigenvalue weighted by molar-refractivity contribution is 5.76. The predicted octanol–water partition coefficient (Wildman–Crippen LogP) is 1.70. The number of nitrogens with zero attached hydrogens (tertiary/aromatic N) is 5. The number of carbonyl (C=O) groups is 1. The summed E-state index contributed by atoms with van der Waals surface area (Å²) in [6.07, 6.45) is 2.50. The minimum Gasteiger partial charge on any atom is -0.497 e. The fourth-order valence-electron chi connectivity index (χ4n) is 3.13. The summed E-state index contributed by atoms with van der Waals surface area (Å²) in [6, 6.07) is 7.57. The van der Waals surface area contributed by atoms with Crippen molar-refractivity contribution in [1.82, 2.24) is 25.1 Å². The molecule has 3 rings (SSSR count). The van der Waals surface area contributed by atoms with Crippen LogP contribution in [0.1, 0.15) is 25.1 Å². The molecular formula is C18H25N5O3. The quantitative estimate of drug-likeness (QED) is 0.748. The molecule has 1 aliphatic rings. The van der Waals surface area contributed by atoms with E-state index in [-0.39, 0.29) is 5.91 Å². The van der Waals surface area contributed by atoms with E-state index < -0.39 is 0 Å². The van der Waals surface area contributed by atoms with Crippen LogP contribution in [0.3, 0.4) is 0 Å². The maximum absolute atomic E-state index is 12.5. The second kappa shape index (κ2) is 8.64. The average molecular weight is 359 g/mol. The van der Waals surface area contributed by atoms with Gasteiger partial charge >= 0.3 is 0 Å². The lowest BCUT2D eigenvalue weighted by Crippen LogP contribution is -2.41. The van der Waals surface area contributed by atoms with Crippen LogP contribution in [0, 0.1) is 12.8 Å². The van der Waals surface area contributed by atoms with Crippen molar-refractivity contribution < 1.29 is 14.3 Å². The Bertz CT molecular complexity index is 716. The third kappa shape index (κ3) is 4.71. The van der Waals surface area contributed by atoms with Gasteiger partial charge in [-0.15, -0.1) is 5.10 Å². The molecule has 140 valence electrons. The number of hydrogen-bond donors (Lipinski definition) is 0. The fraction of sp³-hybridized carbons (Fsp3) is 0.556. The molecule has 8 nitrogen and oxygen atoms in total. The molecule has 26 heavy (non-hydrogen) atoms. The van der Waals surface area contributed by atoms with Gasteiger partial charge in [0.15, 0.2) is 0 Å². The lowest BCUT2D eigenvalue weighted by atomic mass is 9.98. The molecule has 1 saturated heterocycles. The Balaban J connectivity index is 1.45. The number of carbonyl (C=O) groups excluding carboxylic acids is 1. The van der Waals surface area contributed by atoms with Gasteiger partial charge in [0.1, 0.15) is 17.3 Å². The summed E-state index contributed by atoms with van der Waals surface area (Å²) in [7, 11) is 1.64. The van der Waals surface area contributed by atoms with Gasteiger partial charge in [-0.3, -0.25) is 4.79 Å². The number of benzene rings is 1. The van der Waals surface area contributed by atoms with E-state index in [1.165, 1.54) is 0 Å². The van der Waals surface area contributed by atoms with Gasteiger partial charge in [0.25, 0.3) is 0 Å². The largest absolute Gasteiger partial charge is 0.497 e. The van der Waals surface area contributed by atoms with Crippen LogP contribution in [0.25, 0.3) is 0 Å². The van der Waals surface area contributed by atoms with Crippen molar-refractivity contribution >= 4 is 5.91 Å². The molecule has 0 spiro atoms. The molecule has 1 amide bonds. The molecule has 1 aliphatic heterocycles. The Morgan fingerprint density at radius 1 is 1.27 bits per heavy atom. The fourth-order valence-corrected chi connectivity index (χ4v) is 3.13. The summed E-state index contributed by atoms with van der Waals surface area (Å²) in [5, 5.41) is 11.3. The molecule has 0 N–H and O–H groups in total. The number of ether oxygens (including phenoxy) is 2. The standard InChI is InChI=1S/C18H25N5O3/c1-14-19-20-21-23(14)11-9-18(24)22-10-3-4-15(12-22)13-26-17-7-5-16(25-2)6-8-17/h5-8,15H,3-4,9-13H2,1-2H3. The normalized spacial score (nSPS) is 17.2. The van der Waals surface area contributed by atoms with Crippen LogP contribution >= 0.6 is 0 Å². The molecule has 8 heteroatoms. The van der Waals surface area contributed by atoms with Crippen molar-refractivity contribution in [2.24, 2.45) is 5.92 Å². The van der Waals surface area contributed by atoms with Gasteiger partial charge in [-0.1, -0.05) is 0 Å². The highest BCUT2D eigenvalue weighted by atomic mass is 16.5. The van der Waals surface area contributed by atoms with Crippen LogP contribution in [-0.2, 0) is 11.3 Å². The van der Waals surface area contributed by atoms with Gasteiger partial charge in [-0.25, -0.2) is 4.68 Å². The van der Waals surface area contributed by atoms with E-state index in [0.29, 0.717) is 25.5 Å². The highest BCUT2D eigenvalue weighted by Gasteiger charge is 2.24. The van der Waals surface area contributed by atoms with Gasteiger partial charge in [0.2, 0.25) is 5.91 Å². The molecule has 0 bridgehead atoms. The molecular weight excluding hydrogens is 334 g/mol. The summed E-state index contributed by atoms with van der Waals surface area (Å²) in [5.74, 6) is 2.86. The van der Waals surface area contributed by atoms with Crippen molar-refractivity contribution in [3.63, 3.8) is 0 Å². The summed E-state index contributed by atoms with van der Waals surface area (Å²) >= 11 is 0. The Labute approximate surface area is 153 Å². The zero-order valence-corrected chi connectivity index (χ0v) is 15.3. The van der Waals surface area contributed by atoms with Gasteiger partial charge in [-0.2, -0.15) is 0 Å². The average Bonchev–Trinajstić information content (AvgIpc) is 3.10. The number of amides is 1. The maximum atomic E-state index is 12.5. The first kappa shape index (κ1) is 18.2. The number of likely N-dealkylation sites (tertiary alicyclic amines) is 1. The van der Waals surface area contributed by atoms with Gasteiger partial charge < -0.3 is 14.4 Å². The number of aryl methyl sites for hydroxylation is 2. The third-order valence-corrected chi connectivity index (χ3v) is 4.67. The zero-order valence-electron chi connectivity index (χ0n) is 15.3. The lowest BCUT2D eigenvalue weighted by molar-refractivity contribution is -0.133. The van der Waals surface area contributed by atoms with Crippen molar-refractivity contribution in [1.29, 1.82) is 0 Å². The van der Waals surface area contributed by atoms with E-state index in [2.05, 4.69) is 15.5 Å². The molecule has 1 unspecified atom stereocenters. The Hall–Kier alpha value is -2.64. The van der Waals surface area contributed by atoms with Crippen LogP contribution in [0.15, 0.2) is 24.3 Å². The SMILES string of the molecule is COc1ccc(OCC2CCCN(C(=O)CCn3nnnc3C)C2)cc1. The summed E-state index contributed by atoms with van der Waals surface area (Å²) in [6.45, 7) is 4.51. The summed E-state index contributed by atoms with van der Waals surface area (Å²) in [4.78, 5) is 14.4. The summed E-state index contributed by atoms with van der Waals surface area (Å²) in [5.41, 5.74) is 0. The number of hydrogen-bond acceptors (Lipinski definition) is 6. The highest BCUT2D eigenvalue weighted by Crippen LogP contribution is 2.21. The monoisotopic (exact) mass is 359 g/mol. The molecule has 2 heterocycles. The second-order valence-corrected chi connectivity index (χ2v) is 6.53. The van der Waals surface area contributed by atoms with E-state index in [1.807, 2.05) is 36.1 Å². The van der Waals surface area contributed by atoms with Crippen LogP contribution in [0.5, 0.6) is 11.5 Å². The number of aromatic nitrogens is 4. The number of rotatable bonds is 7. The minimum atomic E-state index is 0.147. The van der Waals surface area contributed by atoms with Gasteiger partial charge in [0.05, 0.1) is 20.3 Å². The molecule has 1 atom stereocenters. The van der Waals surface area contributed by atoms with Crippen LogP contribution in [-0.4, -0.2) is 57.8 Å². The molecule has 0 radical (unpaired) electrons. The van der Waals surface area contributed by atoms with E-state index >= 15 is 0 Å². The first-order chi connectivity index (χ1) is 12.7. The van der Waals surface area contributed by atoms with E-state index in [1.54, 1.807) is 11.8 Å². The zero-order chi connectivity index (χ0) is 18.4. The predicted molar refractivity (Wildman–Crippen MR) is 95.0 cm³/mol. The van der Waals surface area contributed by atoms with Crippen LogP contribution < -0.4 is 9.47 Å². The first-order valence-corrected chi connectivity index (χ1v) is 8.93. The van der Waals surface area contributed by atoms with E-state index in [9.17, 15) is 4.79 Å². The number of piperidine rings is 1. The van der Waals surface area contributed by atoms with E-state index in [0.717, 1.165) is 43.3 Å². The van der Waals surface area contributed by atoms with E-state index in [4.69, 9.17) is 9.47 Å². The second-order valence-electron chi connectivity index (χ2n) is 6.53. The van der Waals surface area contributed by atoms with Crippen molar-refractivity contribution in [3.8, 4) is 11.5 Å². The lowest BCUT2D eigenvalue weighted by Gasteiger charge is -2.32. The van der Waals surface area contributed by atoms with Gasteiger partial charge in [0, 0.05) is 25.4 Å². The Morgan fingerprint density at radius 3 is 2.73 bits per heavy atom. The molecule has 0 aliphatic carbocycles. The Kier molecular flexibility index (Phi) is 6.04. The molecule has 1 fully saturated rings. The first-order valence-electron chi connectivity index (χ1n) is 8.93. The van der Waals surface area contributed by atoms with Crippen LogP contribution in [0.4, 0.5) is 0 Å². The third-order valence-electron chi connectivity index (χ3n) is 4.67. The molecule has 2 aromatic rings. The topological polar surface area (TPSA) is 82.4 Å². The maximum Gasteiger partial charge on any atom is 0.224 e. The smallest absolute Gasteiger partial charge is 0.224 e. The van der Waals surface area contributed by atoms with Crippen molar-refractivity contribution in [2.45, 2.75) is 32.7 Å². The van der Waals surface area contributed by atoms with Crippen molar-refractivity contribution in [2.75, 3.05) is 26.8 Å². The molecule has 1 aromatic carbocycles. The number of tetrazole rings is 1. The minimum absolute atomic E-state index is 0.147. The summed E-state index contributed by atoms with van der Waals surface area (Å²) < 4.78 is 12.7. The van der Waals surface area contributed by atoms with Crippen molar-refractivity contribution in [3.05, 3.63) is 30.1 Å².